The minimum absolute atomic E-state index is 0.275. The molecule has 0 radical (unpaired) electrons. The number of nitrogens with two attached hydrogens (primary N) is 1. The topological polar surface area (TPSA) is 26.0 Å². The van der Waals surface area contributed by atoms with Crippen LogP contribution in [-0.4, -0.2) is 16.5 Å². The van der Waals surface area contributed by atoms with Crippen LogP contribution in [0.25, 0.3) is 0 Å². The molecule has 2 heteroatoms. The Morgan fingerprint density at radius 2 is 1.50 bits per heavy atom. The monoisotopic (exact) mass is 189 g/mol. The second-order valence-corrected chi connectivity index (χ2v) is 6.55. The molecule has 0 aliphatic rings. The summed E-state index contributed by atoms with van der Waals surface area (Å²) in [4.78, 5) is 0. The fourth-order valence-electron chi connectivity index (χ4n) is 1.41. The molecule has 2 N–H and O–H groups in total. The van der Waals surface area contributed by atoms with Crippen LogP contribution in [0.2, 0.25) is 0 Å². The number of hydrogen-bond acceptors (Lipinski definition) is 2. The number of thioether (sulfide) groups is 1. The van der Waals surface area contributed by atoms with Crippen LogP contribution in [-0.2, 0) is 0 Å². The third-order valence-corrected chi connectivity index (χ3v) is 3.72. The van der Waals surface area contributed by atoms with Crippen molar-refractivity contribution in [2.24, 2.45) is 11.1 Å². The Hall–Kier alpha value is 0.310. The standard InChI is InChI=1S/C10H23NS/c1-7(2)12-9(8(3)11)10(4,5)6/h7-9H,11H2,1-6H3. The highest BCUT2D eigenvalue weighted by molar-refractivity contribution is 8.00. The van der Waals surface area contributed by atoms with Crippen molar-refractivity contribution in [3.8, 4) is 0 Å². The SMILES string of the molecule is CC(C)SC(C(C)N)C(C)(C)C. The zero-order valence-corrected chi connectivity index (χ0v) is 10.0. The first kappa shape index (κ1) is 12.3. The van der Waals surface area contributed by atoms with Gasteiger partial charge in [0.2, 0.25) is 0 Å². The Kier molecular flexibility index (Phi) is 4.64. The molecule has 0 aliphatic heterocycles. The summed E-state index contributed by atoms with van der Waals surface area (Å²) in [6.45, 7) is 13.3. The van der Waals surface area contributed by atoms with E-state index in [0.29, 0.717) is 15.9 Å². The molecule has 12 heavy (non-hydrogen) atoms. The zero-order chi connectivity index (χ0) is 9.94. The van der Waals surface area contributed by atoms with Crippen molar-refractivity contribution in [2.75, 3.05) is 0 Å². The molecule has 0 aromatic carbocycles. The van der Waals surface area contributed by atoms with Gasteiger partial charge in [-0.2, -0.15) is 11.8 Å². The molecule has 74 valence electrons. The second kappa shape index (κ2) is 4.52. The van der Waals surface area contributed by atoms with Crippen LogP contribution >= 0.6 is 11.8 Å². The molecular weight excluding hydrogens is 166 g/mol. The summed E-state index contributed by atoms with van der Waals surface area (Å²) >= 11 is 1.99. The van der Waals surface area contributed by atoms with Gasteiger partial charge in [-0.3, -0.25) is 0 Å². The molecule has 0 bridgehead atoms. The molecule has 2 atom stereocenters. The molecule has 0 rings (SSSR count). The van der Waals surface area contributed by atoms with E-state index in [1.807, 2.05) is 11.8 Å². The summed E-state index contributed by atoms with van der Waals surface area (Å²) in [5.74, 6) is 0. The molecular formula is C10H23NS. The van der Waals surface area contributed by atoms with Crippen molar-refractivity contribution in [1.29, 1.82) is 0 Å². The normalized spacial score (nSPS) is 18.0. The molecule has 1 nitrogen and oxygen atoms in total. The van der Waals surface area contributed by atoms with Crippen LogP contribution in [0.5, 0.6) is 0 Å². The highest BCUT2D eigenvalue weighted by Crippen LogP contribution is 2.34. The fourth-order valence-corrected chi connectivity index (χ4v) is 2.65. The van der Waals surface area contributed by atoms with Crippen LogP contribution in [0.1, 0.15) is 41.5 Å². The molecule has 0 heterocycles. The number of hydrogen-bond donors (Lipinski definition) is 1. The molecule has 0 aromatic rings. The van der Waals surface area contributed by atoms with Crippen molar-refractivity contribution < 1.29 is 0 Å². The lowest BCUT2D eigenvalue weighted by atomic mass is 9.88. The Balaban J connectivity index is 4.25. The molecule has 0 saturated heterocycles. The van der Waals surface area contributed by atoms with E-state index in [9.17, 15) is 0 Å². The smallest absolute Gasteiger partial charge is 0.0247 e. The quantitative estimate of drug-likeness (QED) is 0.739. The molecule has 0 aromatic heterocycles. The van der Waals surface area contributed by atoms with Crippen molar-refractivity contribution in [3.05, 3.63) is 0 Å². The summed E-state index contributed by atoms with van der Waals surface area (Å²) in [5.41, 5.74) is 6.26. The van der Waals surface area contributed by atoms with Crippen molar-refractivity contribution in [2.45, 2.75) is 58.1 Å². The van der Waals surface area contributed by atoms with Gasteiger partial charge in [0.05, 0.1) is 0 Å². The lowest BCUT2D eigenvalue weighted by molar-refractivity contribution is 0.363. The minimum Gasteiger partial charge on any atom is -0.327 e. The van der Waals surface area contributed by atoms with E-state index in [-0.39, 0.29) is 6.04 Å². The first-order valence-electron chi connectivity index (χ1n) is 4.66. The van der Waals surface area contributed by atoms with Gasteiger partial charge in [-0.25, -0.2) is 0 Å². The van der Waals surface area contributed by atoms with Crippen molar-refractivity contribution >= 4 is 11.8 Å². The van der Waals surface area contributed by atoms with E-state index in [2.05, 4.69) is 41.5 Å². The first-order chi connectivity index (χ1) is 5.25. The number of rotatable bonds is 3. The highest BCUT2D eigenvalue weighted by atomic mass is 32.2. The van der Waals surface area contributed by atoms with E-state index < -0.39 is 0 Å². The molecule has 0 aliphatic carbocycles. The average molecular weight is 189 g/mol. The average Bonchev–Trinajstić information content (AvgIpc) is 1.79. The highest BCUT2D eigenvalue weighted by Gasteiger charge is 2.28. The van der Waals surface area contributed by atoms with Crippen LogP contribution in [0, 0.1) is 5.41 Å². The van der Waals surface area contributed by atoms with Crippen LogP contribution in [0.3, 0.4) is 0 Å². The predicted molar refractivity (Wildman–Crippen MR) is 59.6 cm³/mol. The van der Waals surface area contributed by atoms with Gasteiger partial charge in [0.1, 0.15) is 0 Å². The van der Waals surface area contributed by atoms with Crippen molar-refractivity contribution in [1.82, 2.24) is 0 Å². The second-order valence-electron chi connectivity index (χ2n) is 4.83. The Morgan fingerprint density at radius 1 is 1.08 bits per heavy atom. The summed E-state index contributed by atoms with van der Waals surface area (Å²) in [5, 5.41) is 1.22. The fraction of sp³-hybridized carbons (Fsp3) is 1.00. The lowest BCUT2D eigenvalue weighted by Gasteiger charge is -2.34. The van der Waals surface area contributed by atoms with Gasteiger partial charge < -0.3 is 5.73 Å². The molecule has 0 saturated carbocycles. The first-order valence-corrected chi connectivity index (χ1v) is 5.60. The van der Waals surface area contributed by atoms with E-state index in [4.69, 9.17) is 5.73 Å². The maximum atomic E-state index is 5.95. The molecule has 0 spiro atoms. The van der Waals surface area contributed by atoms with Crippen LogP contribution in [0.4, 0.5) is 0 Å². The molecule has 2 unspecified atom stereocenters. The van der Waals surface area contributed by atoms with E-state index in [1.54, 1.807) is 0 Å². The lowest BCUT2D eigenvalue weighted by Crippen LogP contribution is -2.39. The van der Waals surface area contributed by atoms with Gasteiger partial charge >= 0.3 is 0 Å². The largest absolute Gasteiger partial charge is 0.327 e. The van der Waals surface area contributed by atoms with E-state index in [1.165, 1.54) is 0 Å². The maximum Gasteiger partial charge on any atom is 0.0247 e. The van der Waals surface area contributed by atoms with Crippen LogP contribution < -0.4 is 5.73 Å². The van der Waals surface area contributed by atoms with E-state index in [0.717, 1.165) is 0 Å². The Labute approximate surface area is 81.5 Å². The summed E-state index contributed by atoms with van der Waals surface area (Å²) < 4.78 is 0. The zero-order valence-electron chi connectivity index (χ0n) is 9.22. The van der Waals surface area contributed by atoms with E-state index >= 15 is 0 Å². The van der Waals surface area contributed by atoms with Gasteiger partial charge in [-0.15, -0.1) is 0 Å². The minimum atomic E-state index is 0.275. The van der Waals surface area contributed by atoms with Gasteiger partial charge in [-0.05, 0) is 17.6 Å². The molecule has 0 fully saturated rings. The Bertz CT molecular complexity index is 124. The van der Waals surface area contributed by atoms with Crippen LogP contribution in [0.15, 0.2) is 0 Å². The maximum absolute atomic E-state index is 5.95. The summed E-state index contributed by atoms with van der Waals surface area (Å²) in [7, 11) is 0. The predicted octanol–water partition coefficient (Wildman–Crippen LogP) is 2.89. The molecule has 0 amide bonds. The Morgan fingerprint density at radius 3 is 1.58 bits per heavy atom. The van der Waals surface area contributed by atoms with Gasteiger partial charge in [0.25, 0.3) is 0 Å². The van der Waals surface area contributed by atoms with Gasteiger partial charge in [0.15, 0.2) is 0 Å². The van der Waals surface area contributed by atoms with Gasteiger partial charge in [0, 0.05) is 11.3 Å². The third-order valence-electron chi connectivity index (χ3n) is 1.75. The summed E-state index contributed by atoms with van der Waals surface area (Å²) in [6.07, 6.45) is 0. The van der Waals surface area contributed by atoms with Gasteiger partial charge in [-0.1, -0.05) is 34.6 Å². The third kappa shape index (κ3) is 4.36. The van der Waals surface area contributed by atoms with Crippen molar-refractivity contribution in [3.63, 3.8) is 0 Å². The summed E-state index contributed by atoms with van der Waals surface area (Å²) in [6, 6.07) is 0.275.